The Labute approximate surface area is 115 Å². The van der Waals surface area contributed by atoms with Crippen LogP contribution in [0.15, 0.2) is 24.4 Å². The topological polar surface area (TPSA) is 67.2 Å². The predicted molar refractivity (Wildman–Crippen MR) is 73.7 cm³/mol. The van der Waals surface area contributed by atoms with Gasteiger partial charge in [0.15, 0.2) is 0 Å². The molecule has 1 aromatic heterocycles. The molecule has 100 valence electrons. The number of carboxylic acid groups (broad SMARTS) is 1. The van der Waals surface area contributed by atoms with Crippen molar-refractivity contribution in [2.75, 3.05) is 5.32 Å². The van der Waals surface area contributed by atoms with E-state index < -0.39 is 5.97 Å². The Morgan fingerprint density at radius 1 is 1.53 bits per heavy atom. The minimum absolute atomic E-state index is 0.0886. The number of hydrogen-bond donors (Lipinski definition) is 2. The smallest absolute Gasteiger partial charge is 0.339 e. The Kier molecular flexibility index (Phi) is 3.76. The van der Waals surface area contributed by atoms with E-state index in [0.717, 1.165) is 11.3 Å². The first-order valence-corrected chi connectivity index (χ1v) is 6.11. The van der Waals surface area contributed by atoms with Gasteiger partial charge in [-0.25, -0.2) is 4.79 Å². The third kappa shape index (κ3) is 2.88. The number of nitrogens with one attached hydrogen (secondary N) is 1. The van der Waals surface area contributed by atoms with Crippen molar-refractivity contribution >= 4 is 23.3 Å². The van der Waals surface area contributed by atoms with Crippen LogP contribution < -0.4 is 5.32 Å². The second kappa shape index (κ2) is 5.32. The lowest BCUT2D eigenvalue weighted by molar-refractivity contribution is 0.0698. The molecule has 6 heteroatoms. The molecule has 0 spiro atoms. The number of nitrogens with zero attached hydrogens (tertiary/aromatic N) is 2. The second-order valence-corrected chi connectivity index (χ2v) is 4.64. The van der Waals surface area contributed by atoms with Gasteiger partial charge in [0.2, 0.25) is 0 Å². The van der Waals surface area contributed by atoms with Crippen molar-refractivity contribution < 1.29 is 9.90 Å². The summed E-state index contributed by atoms with van der Waals surface area (Å²) in [6.07, 6.45) is 1.90. The molecule has 1 aromatic carbocycles. The highest BCUT2D eigenvalue weighted by molar-refractivity contribution is 6.34. The van der Waals surface area contributed by atoms with Crippen LogP contribution >= 0.6 is 11.6 Å². The van der Waals surface area contributed by atoms with E-state index in [-0.39, 0.29) is 10.6 Å². The standard InChI is InChI=1S/C13H14ClN3O2/c1-8-9(7-17(2)16-8)6-15-11-5-3-4-10(14)12(11)13(18)19/h3-5,7,15H,6H2,1-2H3,(H,18,19). The minimum Gasteiger partial charge on any atom is -0.478 e. The Bertz CT molecular complexity index is 622. The molecule has 2 N–H and O–H groups in total. The number of halogens is 1. The average Bonchev–Trinajstić information content (AvgIpc) is 2.64. The summed E-state index contributed by atoms with van der Waals surface area (Å²) in [5.41, 5.74) is 2.52. The summed E-state index contributed by atoms with van der Waals surface area (Å²) < 4.78 is 1.72. The van der Waals surface area contributed by atoms with Gasteiger partial charge in [0.05, 0.1) is 16.4 Å². The van der Waals surface area contributed by atoms with Crippen molar-refractivity contribution in [2.24, 2.45) is 7.05 Å². The van der Waals surface area contributed by atoms with E-state index in [2.05, 4.69) is 10.4 Å². The molecular weight excluding hydrogens is 266 g/mol. The van der Waals surface area contributed by atoms with Crippen LogP contribution in [0.3, 0.4) is 0 Å². The number of hydrogen-bond acceptors (Lipinski definition) is 3. The predicted octanol–water partition coefficient (Wildman–Crippen LogP) is 2.69. The molecule has 2 aromatic rings. The average molecular weight is 280 g/mol. The maximum atomic E-state index is 11.2. The van der Waals surface area contributed by atoms with Crippen molar-refractivity contribution in [2.45, 2.75) is 13.5 Å². The highest BCUT2D eigenvalue weighted by Crippen LogP contribution is 2.25. The molecule has 0 unspecified atom stereocenters. The summed E-state index contributed by atoms with van der Waals surface area (Å²) in [6, 6.07) is 4.97. The number of aromatic carboxylic acids is 1. The maximum Gasteiger partial charge on any atom is 0.339 e. The quantitative estimate of drug-likeness (QED) is 0.903. The van der Waals surface area contributed by atoms with Gasteiger partial charge in [0, 0.05) is 25.4 Å². The lowest BCUT2D eigenvalue weighted by Gasteiger charge is -2.10. The highest BCUT2D eigenvalue weighted by Gasteiger charge is 2.14. The Balaban J connectivity index is 2.22. The van der Waals surface area contributed by atoms with Gasteiger partial charge >= 0.3 is 5.97 Å². The number of anilines is 1. The fourth-order valence-corrected chi connectivity index (χ4v) is 2.16. The molecule has 0 aliphatic rings. The van der Waals surface area contributed by atoms with E-state index in [9.17, 15) is 4.79 Å². The zero-order valence-electron chi connectivity index (χ0n) is 10.6. The molecule has 0 aliphatic carbocycles. The number of aryl methyl sites for hydroxylation is 2. The van der Waals surface area contributed by atoms with Gasteiger partial charge in [-0.1, -0.05) is 17.7 Å². The fourth-order valence-electron chi connectivity index (χ4n) is 1.90. The first-order chi connectivity index (χ1) is 8.99. The Morgan fingerprint density at radius 2 is 2.26 bits per heavy atom. The number of carboxylic acids is 1. The zero-order chi connectivity index (χ0) is 14.0. The fraction of sp³-hybridized carbons (Fsp3) is 0.231. The lowest BCUT2D eigenvalue weighted by Crippen LogP contribution is -2.07. The van der Waals surface area contributed by atoms with Gasteiger partial charge in [-0.3, -0.25) is 4.68 Å². The molecule has 0 atom stereocenters. The summed E-state index contributed by atoms with van der Waals surface area (Å²) in [7, 11) is 1.85. The van der Waals surface area contributed by atoms with Crippen LogP contribution in [-0.4, -0.2) is 20.9 Å². The number of carbonyl (C=O) groups is 1. The molecule has 1 heterocycles. The SMILES string of the molecule is Cc1nn(C)cc1CNc1cccc(Cl)c1C(=O)O. The summed E-state index contributed by atoms with van der Waals surface area (Å²) in [4.78, 5) is 11.2. The third-order valence-electron chi connectivity index (χ3n) is 2.81. The van der Waals surface area contributed by atoms with Crippen LogP contribution in [0, 0.1) is 6.92 Å². The number of benzene rings is 1. The summed E-state index contributed by atoms with van der Waals surface area (Å²) in [5.74, 6) is -1.05. The van der Waals surface area contributed by atoms with Crippen LogP contribution in [0.5, 0.6) is 0 Å². The van der Waals surface area contributed by atoms with Gasteiger partial charge in [0.25, 0.3) is 0 Å². The minimum atomic E-state index is -1.05. The van der Waals surface area contributed by atoms with Gasteiger partial charge in [-0.05, 0) is 19.1 Å². The van der Waals surface area contributed by atoms with Crippen molar-refractivity contribution in [3.05, 3.63) is 46.2 Å². The first kappa shape index (κ1) is 13.4. The van der Waals surface area contributed by atoms with Crippen LogP contribution in [0.25, 0.3) is 0 Å². The highest BCUT2D eigenvalue weighted by atomic mass is 35.5. The van der Waals surface area contributed by atoms with E-state index in [0.29, 0.717) is 12.2 Å². The van der Waals surface area contributed by atoms with Crippen molar-refractivity contribution in [3.63, 3.8) is 0 Å². The Morgan fingerprint density at radius 3 is 2.84 bits per heavy atom. The number of rotatable bonds is 4. The van der Waals surface area contributed by atoms with Crippen LogP contribution in [-0.2, 0) is 13.6 Å². The molecule has 0 aliphatic heterocycles. The van der Waals surface area contributed by atoms with Gasteiger partial charge < -0.3 is 10.4 Å². The molecule has 19 heavy (non-hydrogen) atoms. The normalized spacial score (nSPS) is 10.5. The van der Waals surface area contributed by atoms with Crippen LogP contribution in [0.1, 0.15) is 21.6 Å². The summed E-state index contributed by atoms with van der Waals surface area (Å²) in [5, 5.41) is 16.7. The van der Waals surface area contributed by atoms with E-state index in [1.54, 1.807) is 22.9 Å². The molecule has 0 saturated heterocycles. The van der Waals surface area contributed by atoms with E-state index >= 15 is 0 Å². The molecule has 0 bridgehead atoms. The third-order valence-corrected chi connectivity index (χ3v) is 3.13. The molecule has 0 fully saturated rings. The molecular formula is C13H14ClN3O2. The second-order valence-electron chi connectivity index (χ2n) is 4.23. The van der Waals surface area contributed by atoms with Crippen LogP contribution in [0.2, 0.25) is 5.02 Å². The Hall–Kier alpha value is -2.01. The van der Waals surface area contributed by atoms with Gasteiger partial charge in [0.1, 0.15) is 5.56 Å². The van der Waals surface area contributed by atoms with Gasteiger partial charge in [-0.15, -0.1) is 0 Å². The van der Waals surface area contributed by atoms with Crippen molar-refractivity contribution in [3.8, 4) is 0 Å². The summed E-state index contributed by atoms with van der Waals surface area (Å²) in [6.45, 7) is 2.41. The molecule has 2 rings (SSSR count). The molecule has 5 nitrogen and oxygen atoms in total. The summed E-state index contributed by atoms with van der Waals surface area (Å²) >= 11 is 5.90. The first-order valence-electron chi connectivity index (χ1n) is 5.74. The molecule has 0 radical (unpaired) electrons. The van der Waals surface area contributed by atoms with Gasteiger partial charge in [-0.2, -0.15) is 5.10 Å². The monoisotopic (exact) mass is 279 g/mol. The van der Waals surface area contributed by atoms with Crippen LogP contribution in [0.4, 0.5) is 5.69 Å². The van der Waals surface area contributed by atoms with E-state index in [4.69, 9.17) is 16.7 Å². The maximum absolute atomic E-state index is 11.2. The van der Waals surface area contributed by atoms with Crippen molar-refractivity contribution in [1.29, 1.82) is 0 Å². The molecule has 0 amide bonds. The van der Waals surface area contributed by atoms with Crippen molar-refractivity contribution in [1.82, 2.24) is 9.78 Å². The largest absolute Gasteiger partial charge is 0.478 e. The van der Waals surface area contributed by atoms with E-state index in [1.807, 2.05) is 20.2 Å². The van der Waals surface area contributed by atoms with E-state index in [1.165, 1.54) is 0 Å². The zero-order valence-corrected chi connectivity index (χ0v) is 11.4. The number of aromatic nitrogens is 2. The molecule has 0 saturated carbocycles. The lowest BCUT2D eigenvalue weighted by atomic mass is 10.1.